The van der Waals surface area contributed by atoms with Crippen LogP contribution in [-0.2, 0) is 19.1 Å². The van der Waals surface area contributed by atoms with Crippen LogP contribution >= 0.6 is 0 Å². The van der Waals surface area contributed by atoms with Crippen molar-refractivity contribution in [2.45, 2.75) is 32.5 Å². The Kier molecular flexibility index (Phi) is 4.37. The molecule has 124 valence electrons. The molecule has 0 unspecified atom stereocenters. The van der Waals surface area contributed by atoms with Gasteiger partial charge < -0.3 is 19.7 Å². The number of anilines is 1. The SMILES string of the molecule is Cc1cccc(C)c1NC(=O)C(=O)N1CCC2(CC1)OCCO2. The van der Waals surface area contributed by atoms with Gasteiger partial charge in [0.05, 0.1) is 13.2 Å². The van der Waals surface area contributed by atoms with E-state index in [4.69, 9.17) is 9.47 Å². The van der Waals surface area contributed by atoms with E-state index in [2.05, 4.69) is 5.32 Å². The maximum atomic E-state index is 12.4. The number of aryl methyl sites for hydroxylation is 2. The monoisotopic (exact) mass is 318 g/mol. The Hall–Kier alpha value is -1.92. The number of ether oxygens (including phenoxy) is 2. The van der Waals surface area contributed by atoms with Crippen molar-refractivity contribution in [2.24, 2.45) is 0 Å². The van der Waals surface area contributed by atoms with Gasteiger partial charge in [-0.25, -0.2) is 0 Å². The van der Waals surface area contributed by atoms with Gasteiger partial charge in [-0.15, -0.1) is 0 Å². The number of rotatable bonds is 1. The first-order valence-corrected chi connectivity index (χ1v) is 7.95. The highest BCUT2D eigenvalue weighted by Gasteiger charge is 2.41. The van der Waals surface area contributed by atoms with Crippen molar-refractivity contribution < 1.29 is 19.1 Å². The Bertz CT molecular complexity index is 593. The normalized spacial score (nSPS) is 19.8. The first-order chi connectivity index (χ1) is 11.0. The summed E-state index contributed by atoms with van der Waals surface area (Å²) in [4.78, 5) is 26.2. The molecule has 0 radical (unpaired) electrons. The summed E-state index contributed by atoms with van der Waals surface area (Å²) in [6.07, 6.45) is 1.21. The summed E-state index contributed by atoms with van der Waals surface area (Å²) in [6.45, 7) is 5.96. The highest BCUT2D eigenvalue weighted by Crippen LogP contribution is 2.31. The van der Waals surface area contributed by atoms with Crippen LogP contribution in [0.15, 0.2) is 18.2 Å². The number of para-hydroxylation sites is 1. The quantitative estimate of drug-likeness (QED) is 0.799. The number of nitrogens with one attached hydrogen (secondary N) is 1. The molecule has 1 aromatic carbocycles. The van der Waals surface area contributed by atoms with Gasteiger partial charge in [-0.3, -0.25) is 9.59 Å². The fourth-order valence-electron chi connectivity index (χ4n) is 3.16. The second kappa shape index (κ2) is 6.29. The van der Waals surface area contributed by atoms with E-state index in [9.17, 15) is 9.59 Å². The Morgan fingerprint density at radius 3 is 2.22 bits per heavy atom. The van der Waals surface area contributed by atoms with Crippen molar-refractivity contribution in [2.75, 3.05) is 31.6 Å². The van der Waals surface area contributed by atoms with Gasteiger partial charge >= 0.3 is 11.8 Å². The number of piperidine rings is 1. The van der Waals surface area contributed by atoms with Crippen LogP contribution < -0.4 is 5.32 Å². The minimum Gasteiger partial charge on any atom is -0.347 e. The van der Waals surface area contributed by atoms with Crippen LogP contribution in [0.25, 0.3) is 0 Å². The van der Waals surface area contributed by atoms with Crippen molar-refractivity contribution in [3.63, 3.8) is 0 Å². The predicted octanol–water partition coefficient (Wildman–Crippen LogP) is 1.61. The number of amides is 2. The van der Waals surface area contributed by atoms with Crippen LogP contribution in [0.2, 0.25) is 0 Å². The number of nitrogens with zero attached hydrogens (tertiary/aromatic N) is 1. The topological polar surface area (TPSA) is 67.9 Å². The standard InChI is InChI=1S/C17H22N2O4/c1-12-4-3-5-13(2)14(12)18-15(20)16(21)19-8-6-17(7-9-19)22-10-11-23-17/h3-5H,6-11H2,1-2H3,(H,18,20). The third kappa shape index (κ3) is 3.23. The smallest absolute Gasteiger partial charge is 0.313 e. The molecule has 2 amide bonds. The minimum absolute atomic E-state index is 0.471. The summed E-state index contributed by atoms with van der Waals surface area (Å²) in [6, 6.07) is 5.74. The minimum atomic E-state index is -0.591. The first kappa shape index (κ1) is 16.0. The predicted molar refractivity (Wildman–Crippen MR) is 85.0 cm³/mol. The molecule has 6 heteroatoms. The molecule has 6 nitrogen and oxygen atoms in total. The van der Waals surface area contributed by atoms with E-state index in [1.54, 1.807) is 4.90 Å². The van der Waals surface area contributed by atoms with Crippen molar-refractivity contribution in [3.8, 4) is 0 Å². The van der Waals surface area contributed by atoms with Crippen LogP contribution in [0, 0.1) is 13.8 Å². The Balaban J connectivity index is 1.61. The molecule has 0 bridgehead atoms. The zero-order chi connectivity index (χ0) is 16.4. The van der Waals surface area contributed by atoms with Crippen molar-refractivity contribution >= 4 is 17.5 Å². The van der Waals surface area contributed by atoms with Gasteiger partial charge in [0.2, 0.25) is 0 Å². The molecular formula is C17H22N2O4. The summed E-state index contributed by atoms with van der Waals surface area (Å²) in [5.41, 5.74) is 2.59. The number of carbonyl (C=O) groups is 2. The Labute approximate surface area is 135 Å². The molecule has 1 N–H and O–H groups in total. The first-order valence-electron chi connectivity index (χ1n) is 7.95. The number of benzene rings is 1. The zero-order valence-electron chi connectivity index (χ0n) is 13.6. The lowest BCUT2D eigenvalue weighted by Crippen LogP contribution is -2.50. The summed E-state index contributed by atoms with van der Waals surface area (Å²) >= 11 is 0. The third-order valence-corrected chi connectivity index (χ3v) is 4.54. The second-order valence-corrected chi connectivity index (χ2v) is 6.12. The van der Waals surface area contributed by atoms with E-state index >= 15 is 0 Å². The number of hydrogen-bond donors (Lipinski definition) is 1. The van der Waals surface area contributed by atoms with E-state index in [-0.39, 0.29) is 0 Å². The van der Waals surface area contributed by atoms with Gasteiger partial charge in [-0.1, -0.05) is 18.2 Å². The van der Waals surface area contributed by atoms with E-state index in [1.165, 1.54) is 0 Å². The molecule has 2 saturated heterocycles. The third-order valence-electron chi connectivity index (χ3n) is 4.54. The Morgan fingerprint density at radius 2 is 1.65 bits per heavy atom. The molecule has 1 aromatic rings. The molecule has 0 aliphatic carbocycles. The molecule has 23 heavy (non-hydrogen) atoms. The second-order valence-electron chi connectivity index (χ2n) is 6.12. The molecule has 2 aliphatic rings. The van der Waals surface area contributed by atoms with Gasteiger partial charge in [0.1, 0.15) is 0 Å². The fourth-order valence-corrected chi connectivity index (χ4v) is 3.16. The average Bonchev–Trinajstić information content (AvgIpc) is 2.99. The van der Waals surface area contributed by atoms with Gasteiger partial charge in [0.25, 0.3) is 0 Å². The van der Waals surface area contributed by atoms with Crippen LogP contribution in [0.4, 0.5) is 5.69 Å². The molecule has 3 rings (SSSR count). The zero-order valence-corrected chi connectivity index (χ0v) is 13.6. The highest BCUT2D eigenvalue weighted by molar-refractivity contribution is 6.39. The van der Waals surface area contributed by atoms with Crippen molar-refractivity contribution in [1.29, 1.82) is 0 Å². The maximum absolute atomic E-state index is 12.4. The highest BCUT2D eigenvalue weighted by atomic mass is 16.7. The van der Waals surface area contributed by atoms with E-state index in [0.717, 1.165) is 11.1 Å². The summed E-state index contributed by atoms with van der Waals surface area (Å²) < 4.78 is 11.3. The number of likely N-dealkylation sites (tertiary alicyclic amines) is 1. The molecule has 2 heterocycles. The fraction of sp³-hybridized carbons (Fsp3) is 0.529. The van der Waals surface area contributed by atoms with Crippen LogP contribution in [0.3, 0.4) is 0 Å². The molecule has 2 fully saturated rings. The van der Waals surface area contributed by atoms with Crippen molar-refractivity contribution in [1.82, 2.24) is 4.90 Å². The maximum Gasteiger partial charge on any atom is 0.313 e. The molecular weight excluding hydrogens is 296 g/mol. The number of carbonyl (C=O) groups excluding carboxylic acids is 2. The van der Waals surface area contributed by atoms with Crippen molar-refractivity contribution in [3.05, 3.63) is 29.3 Å². The Morgan fingerprint density at radius 1 is 1.09 bits per heavy atom. The van der Waals surface area contributed by atoms with Crippen LogP contribution in [0.1, 0.15) is 24.0 Å². The molecule has 1 spiro atoms. The summed E-state index contributed by atoms with van der Waals surface area (Å²) in [5, 5.41) is 2.74. The van der Waals surface area contributed by atoms with E-state index < -0.39 is 17.6 Å². The van der Waals surface area contributed by atoms with Gasteiger partial charge in [0, 0.05) is 31.6 Å². The number of hydrogen-bond acceptors (Lipinski definition) is 4. The summed E-state index contributed by atoms with van der Waals surface area (Å²) in [5.74, 6) is -1.63. The van der Waals surface area contributed by atoms with E-state index in [0.29, 0.717) is 44.8 Å². The largest absolute Gasteiger partial charge is 0.347 e. The molecule has 2 aliphatic heterocycles. The van der Waals surface area contributed by atoms with E-state index in [1.807, 2.05) is 32.0 Å². The lowest BCUT2D eigenvalue weighted by atomic mass is 10.0. The molecule has 0 saturated carbocycles. The van der Waals surface area contributed by atoms with Gasteiger partial charge in [-0.05, 0) is 25.0 Å². The molecule has 0 aromatic heterocycles. The molecule has 0 atom stereocenters. The van der Waals surface area contributed by atoms with Crippen LogP contribution in [0.5, 0.6) is 0 Å². The lowest BCUT2D eigenvalue weighted by molar-refractivity contribution is -0.187. The van der Waals surface area contributed by atoms with Gasteiger partial charge in [-0.2, -0.15) is 0 Å². The average molecular weight is 318 g/mol. The van der Waals surface area contributed by atoms with Gasteiger partial charge in [0.15, 0.2) is 5.79 Å². The van der Waals surface area contributed by atoms with Crippen LogP contribution in [-0.4, -0.2) is 48.8 Å². The summed E-state index contributed by atoms with van der Waals surface area (Å²) in [7, 11) is 0. The lowest BCUT2D eigenvalue weighted by Gasteiger charge is -2.37.